The van der Waals surface area contributed by atoms with Crippen molar-refractivity contribution in [3.8, 4) is 0 Å². The van der Waals surface area contributed by atoms with Crippen LogP contribution in [0.15, 0.2) is 0 Å². The Morgan fingerprint density at radius 3 is 2.23 bits per heavy atom. The zero-order valence-corrected chi connectivity index (χ0v) is 9.93. The highest BCUT2D eigenvalue weighted by Gasteiger charge is 2.03. The fourth-order valence-electron chi connectivity index (χ4n) is 1.53. The van der Waals surface area contributed by atoms with Crippen LogP contribution in [0, 0.1) is 5.92 Å². The van der Waals surface area contributed by atoms with E-state index in [0.29, 0.717) is 6.04 Å². The van der Waals surface area contributed by atoms with Crippen molar-refractivity contribution in [2.45, 2.75) is 39.7 Å². The maximum absolute atomic E-state index is 3.54. The van der Waals surface area contributed by atoms with Gasteiger partial charge in [-0.25, -0.2) is 0 Å². The lowest BCUT2D eigenvalue weighted by Gasteiger charge is -2.16. The fourth-order valence-corrected chi connectivity index (χ4v) is 1.53. The second-order valence-corrected chi connectivity index (χ2v) is 4.64. The summed E-state index contributed by atoms with van der Waals surface area (Å²) in [5, 5.41) is 3.54. The number of rotatable bonds is 7. The molecule has 0 saturated carbocycles. The predicted molar refractivity (Wildman–Crippen MR) is 60.1 cm³/mol. The highest BCUT2D eigenvalue weighted by Crippen LogP contribution is 2.03. The van der Waals surface area contributed by atoms with E-state index in [1.54, 1.807) is 0 Å². The van der Waals surface area contributed by atoms with Crippen LogP contribution in [0.1, 0.15) is 33.6 Å². The van der Waals surface area contributed by atoms with Crippen molar-refractivity contribution in [2.75, 3.05) is 27.2 Å². The van der Waals surface area contributed by atoms with E-state index >= 15 is 0 Å². The van der Waals surface area contributed by atoms with Crippen LogP contribution < -0.4 is 5.32 Å². The lowest BCUT2D eigenvalue weighted by atomic mass is 10.1. The van der Waals surface area contributed by atoms with E-state index in [4.69, 9.17) is 0 Å². The summed E-state index contributed by atoms with van der Waals surface area (Å²) >= 11 is 0. The van der Waals surface area contributed by atoms with Gasteiger partial charge in [-0.3, -0.25) is 0 Å². The van der Waals surface area contributed by atoms with Crippen LogP contribution >= 0.6 is 0 Å². The van der Waals surface area contributed by atoms with Crippen LogP contribution in [0.3, 0.4) is 0 Å². The van der Waals surface area contributed by atoms with Gasteiger partial charge in [0.05, 0.1) is 0 Å². The molecule has 0 aromatic heterocycles. The van der Waals surface area contributed by atoms with Crippen LogP contribution in [0.2, 0.25) is 0 Å². The van der Waals surface area contributed by atoms with Crippen LogP contribution in [-0.4, -0.2) is 38.1 Å². The second-order valence-electron chi connectivity index (χ2n) is 4.64. The molecule has 0 radical (unpaired) electrons. The third kappa shape index (κ3) is 9.84. The average molecular weight is 186 g/mol. The number of nitrogens with one attached hydrogen (secondary N) is 1. The lowest BCUT2D eigenvalue weighted by molar-refractivity contribution is 0.377. The zero-order chi connectivity index (χ0) is 10.3. The first-order valence-corrected chi connectivity index (χ1v) is 5.40. The van der Waals surface area contributed by atoms with Gasteiger partial charge in [0.15, 0.2) is 0 Å². The summed E-state index contributed by atoms with van der Waals surface area (Å²) in [6.45, 7) is 9.15. The Hall–Kier alpha value is -0.0800. The summed E-state index contributed by atoms with van der Waals surface area (Å²) in [7, 11) is 4.25. The molecule has 1 N–H and O–H groups in total. The van der Waals surface area contributed by atoms with Crippen LogP contribution in [0.4, 0.5) is 0 Å². The molecule has 0 rings (SSSR count). The molecule has 0 amide bonds. The number of nitrogens with zero attached hydrogens (tertiary/aromatic N) is 1. The minimum Gasteiger partial charge on any atom is -0.314 e. The van der Waals surface area contributed by atoms with Crippen molar-refractivity contribution in [1.29, 1.82) is 0 Å². The predicted octanol–water partition coefficient (Wildman–Crippen LogP) is 1.96. The van der Waals surface area contributed by atoms with Gasteiger partial charge >= 0.3 is 0 Å². The van der Waals surface area contributed by atoms with Gasteiger partial charge < -0.3 is 10.2 Å². The molecule has 0 aromatic carbocycles. The second kappa shape index (κ2) is 7.34. The summed E-state index contributed by atoms with van der Waals surface area (Å²) in [5.41, 5.74) is 0. The molecular weight excluding hydrogens is 160 g/mol. The first-order valence-electron chi connectivity index (χ1n) is 5.40. The standard InChI is InChI=1S/C11H26N2/c1-10(2)9-11(3)12-7-6-8-13(4)5/h10-12H,6-9H2,1-5H3/t11-/m1/s1. The number of hydrogen-bond donors (Lipinski definition) is 1. The summed E-state index contributed by atoms with van der Waals surface area (Å²) < 4.78 is 0. The maximum atomic E-state index is 3.54. The Bertz CT molecular complexity index is 111. The zero-order valence-electron chi connectivity index (χ0n) is 9.93. The average Bonchev–Trinajstić information content (AvgIpc) is 1.96. The van der Waals surface area contributed by atoms with E-state index in [1.807, 2.05) is 0 Å². The molecule has 0 saturated heterocycles. The van der Waals surface area contributed by atoms with Crippen molar-refractivity contribution in [3.63, 3.8) is 0 Å². The van der Waals surface area contributed by atoms with Gasteiger partial charge in [-0.2, -0.15) is 0 Å². The highest BCUT2D eigenvalue weighted by molar-refractivity contribution is 4.62. The van der Waals surface area contributed by atoms with E-state index in [1.165, 1.54) is 19.4 Å². The molecule has 0 bridgehead atoms. The molecule has 13 heavy (non-hydrogen) atoms. The summed E-state index contributed by atoms with van der Waals surface area (Å²) in [4.78, 5) is 2.23. The van der Waals surface area contributed by atoms with Crippen molar-refractivity contribution in [3.05, 3.63) is 0 Å². The molecule has 80 valence electrons. The molecule has 2 nitrogen and oxygen atoms in total. The van der Waals surface area contributed by atoms with Crippen LogP contribution in [0.5, 0.6) is 0 Å². The van der Waals surface area contributed by atoms with Gasteiger partial charge in [-0.05, 0) is 52.9 Å². The molecule has 2 heteroatoms. The van der Waals surface area contributed by atoms with Gasteiger partial charge in [0.25, 0.3) is 0 Å². The smallest absolute Gasteiger partial charge is 0.00411 e. The van der Waals surface area contributed by atoms with Crippen molar-refractivity contribution in [1.82, 2.24) is 10.2 Å². The first-order chi connectivity index (χ1) is 6.02. The maximum Gasteiger partial charge on any atom is 0.00411 e. The molecule has 0 aromatic rings. The van der Waals surface area contributed by atoms with E-state index in [2.05, 4.69) is 45.1 Å². The molecule has 0 aliphatic rings. The summed E-state index contributed by atoms with van der Waals surface area (Å²) in [6, 6.07) is 0.669. The fraction of sp³-hybridized carbons (Fsp3) is 1.00. The van der Waals surface area contributed by atoms with Gasteiger partial charge in [-0.1, -0.05) is 13.8 Å². The Kier molecular flexibility index (Phi) is 7.29. The first kappa shape index (κ1) is 12.9. The largest absolute Gasteiger partial charge is 0.314 e. The minimum atomic E-state index is 0.669. The van der Waals surface area contributed by atoms with E-state index in [0.717, 1.165) is 12.5 Å². The van der Waals surface area contributed by atoms with Gasteiger partial charge in [0.2, 0.25) is 0 Å². The van der Waals surface area contributed by atoms with Crippen molar-refractivity contribution in [2.24, 2.45) is 5.92 Å². The molecule has 0 fully saturated rings. The van der Waals surface area contributed by atoms with Crippen LogP contribution in [-0.2, 0) is 0 Å². The molecule has 0 aliphatic carbocycles. The lowest BCUT2D eigenvalue weighted by Crippen LogP contribution is -2.30. The topological polar surface area (TPSA) is 15.3 Å². The highest BCUT2D eigenvalue weighted by atomic mass is 15.1. The molecule has 1 atom stereocenters. The summed E-state index contributed by atoms with van der Waals surface area (Å²) in [6.07, 6.45) is 2.53. The van der Waals surface area contributed by atoms with Crippen molar-refractivity contribution < 1.29 is 0 Å². The quantitative estimate of drug-likeness (QED) is 0.612. The van der Waals surface area contributed by atoms with Gasteiger partial charge in [-0.15, -0.1) is 0 Å². The number of hydrogen-bond acceptors (Lipinski definition) is 2. The van der Waals surface area contributed by atoms with E-state index in [-0.39, 0.29) is 0 Å². The van der Waals surface area contributed by atoms with Gasteiger partial charge in [0.1, 0.15) is 0 Å². The van der Waals surface area contributed by atoms with E-state index < -0.39 is 0 Å². The van der Waals surface area contributed by atoms with Crippen molar-refractivity contribution >= 4 is 0 Å². The van der Waals surface area contributed by atoms with Gasteiger partial charge in [0, 0.05) is 6.04 Å². The third-order valence-electron chi connectivity index (χ3n) is 2.10. The molecular formula is C11H26N2. The minimum absolute atomic E-state index is 0.669. The normalized spacial score (nSPS) is 14.1. The Morgan fingerprint density at radius 1 is 1.15 bits per heavy atom. The Balaban J connectivity index is 3.22. The Morgan fingerprint density at radius 2 is 1.77 bits per heavy atom. The monoisotopic (exact) mass is 186 g/mol. The summed E-state index contributed by atoms with van der Waals surface area (Å²) in [5.74, 6) is 0.802. The molecule has 0 heterocycles. The molecule has 0 unspecified atom stereocenters. The molecule has 0 aliphatic heterocycles. The van der Waals surface area contributed by atoms with E-state index in [9.17, 15) is 0 Å². The van der Waals surface area contributed by atoms with Crippen LogP contribution in [0.25, 0.3) is 0 Å². The Labute approximate surface area is 83.7 Å². The third-order valence-corrected chi connectivity index (χ3v) is 2.10. The SMILES string of the molecule is CC(C)C[C@@H](C)NCCCN(C)C. The molecule has 0 spiro atoms.